The van der Waals surface area contributed by atoms with E-state index in [1.165, 1.54) is 5.56 Å². The van der Waals surface area contributed by atoms with Gasteiger partial charge in [0, 0.05) is 12.1 Å². The molecule has 0 saturated heterocycles. The number of nitrogens with one attached hydrogen (secondary N) is 1. The van der Waals surface area contributed by atoms with E-state index in [0.29, 0.717) is 6.54 Å². The Balaban J connectivity index is 2.52. The standard InChI is InChI=1S/C14H22N2O/c1-4-8-15-11-13-7-10-17-14(13)12-16(6-3)9-5-2/h2,7,10,15H,4,6,8-9,11-12H2,1,3H3. The van der Waals surface area contributed by atoms with Crippen molar-refractivity contribution in [2.24, 2.45) is 0 Å². The average molecular weight is 234 g/mol. The Bertz CT molecular complexity index is 351. The van der Waals surface area contributed by atoms with Gasteiger partial charge in [-0.2, -0.15) is 0 Å². The lowest BCUT2D eigenvalue weighted by Gasteiger charge is -2.16. The van der Waals surface area contributed by atoms with Crippen LogP contribution in [0, 0.1) is 12.3 Å². The van der Waals surface area contributed by atoms with E-state index in [1.54, 1.807) is 6.26 Å². The van der Waals surface area contributed by atoms with Crippen LogP contribution in [0.1, 0.15) is 31.6 Å². The van der Waals surface area contributed by atoms with E-state index in [9.17, 15) is 0 Å². The van der Waals surface area contributed by atoms with Gasteiger partial charge in [-0.25, -0.2) is 0 Å². The molecule has 1 N–H and O–H groups in total. The van der Waals surface area contributed by atoms with E-state index in [2.05, 4.69) is 30.0 Å². The van der Waals surface area contributed by atoms with Gasteiger partial charge in [0.05, 0.1) is 19.4 Å². The van der Waals surface area contributed by atoms with Crippen molar-refractivity contribution >= 4 is 0 Å². The van der Waals surface area contributed by atoms with Gasteiger partial charge in [0.25, 0.3) is 0 Å². The zero-order chi connectivity index (χ0) is 12.5. The van der Waals surface area contributed by atoms with Gasteiger partial charge in [-0.3, -0.25) is 4.90 Å². The fourth-order valence-electron chi connectivity index (χ4n) is 1.67. The molecule has 1 aromatic heterocycles. The third-order valence-electron chi connectivity index (χ3n) is 2.71. The highest BCUT2D eigenvalue weighted by atomic mass is 16.3. The normalized spacial score (nSPS) is 10.7. The number of hydrogen-bond acceptors (Lipinski definition) is 3. The van der Waals surface area contributed by atoms with Crippen LogP contribution in [0.2, 0.25) is 0 Å². The Morgan fingerprint density at radius 2 is 2.29 bits per heavy atom. The van der Waals surface area contributed by atoms with Gasteiger partial charge in [0.1, 0.15) is 5.76 Å². The molecule has 1 rings (SSSR count). The first-order valence-electron chi connectivity index (χ1n) is 6.23. The summed E-state index contributed by atoms with van der Waals surface area (Å²) in [4.78, 5) is 2.18. The van der Waals surface area contributed by atoms with Crippen molar-refractivity contribution in [2.75, 3.05) is 19.6 Å². The van der Waals surface area contributed by atoms with E-state index < -0.39 is 0 Å². The molecule has 0 fully saturated rings. The molecule has 0 radical (unpaired) electrons. The predicted octanol–water partition coefficient (Wildman–Crippen LogP) is 2.23. The van der Waals surface area contributed by atoms with Crippen molar-refractivity contribution in [1.29, 1.82) is 0 Å². The molecule has 0 unspecified atom stereocenters. The fourth-order valence-corrected chi connectivity index (χ4v) is 1.67. The van der Waals surface area contributed by atoms with Crippen LogP contribution in [0.25, 0.3) is 0 Å². The van der Waals surface area contributed by atoms with Crippen molar-refractivity contribution in [1.82, 2.24) is 10.2 Å². The summed E-state index contributed by atoms with van der Waals surface area (Å²) in [6.07, 6.45) is 8.23. The second-order valence-electron chi connectivity index (χ2n) is 4.05. The first kappa shape index (κ1) is 13.8. The Labute approximate surface area is 104 Å². The molecule has 3 nitrogen and oxygen atoms in total. The van der Waals surface area contributed by atoms with E-state index in [1.807, 2.05) is 6.07 Å². The molecule has 0 aromatic carbocycles. The molecule has 1 heterocycles. The minimum absolute atomic E-state index is 0.666. The fraction of sp³-hybridized carbons (Fsp3) is 0.571. The van der Waals surface area contributed by atoms with Crippen molar-refractivity contribution in [2.45, 2.75) is 33.4 Å². The van der Waals surface area contributed by atoms with Crippen molar-refractivity contribution in [3.8, 4) is 12.3 Å². The molecule has 17 heavy (non-hydrogen) atoms. The lowest BCUT2D eigenvalue weighted by atomic mass is 10.2. The Kier molecular flexibility index (Phi) is 6.46. The summed E-state index contributed by atoms with van der Waals surface area (Å²) in [5, 5.41) is 3.38. The average Bonchev–Trinajstić information content (AvgIpc) is 2.76. The molecule has 0 saturated carbocycles. The summed E-state index contributed by atoms with van der Waals surface area (Å²) in [7, 11) is 0. The number of hydrogen-bond donors (Lipinski definition) is 1. The molecular weight excluding hydrogens is 212 g/mol. The minimum Gasteiger partial charge on any atom is -0.468 e. The highest BCUT2D eigenvalue weighted by Crippen LogP contribution is 2.13. The molecule has 3 heteroatoms. The highest BCUT2D eigenvalue weighted by Gasteiger charge is 2.09. The van der Waals surface area contributed by atoms with Crippen LogP contribution >= 0.6 is 0 Å². The molecule has 0 aliphatic rings. The maximum atomic E-state index is 5.52. The van der Waals surface area contributed by atoms with Gasteiger partial charge in [-0.05, 0) is 25.6 Å². The zero-order valence-corrected chi connectivity index (χ0v) is 10.8. The number of furan rings is 1. The monoisotopic (exact) mass is 234 g/mol. The third-order valence-corrected chi connectivity index (χ3v) is 2.71. The summed E-state index contributed by atoms with van der Waals surface area (Å²) in [5.41, 5.74) is 1.23. The second kappa shape index (κ2) is 7.94. The van der Waals surface area contributed by atoms with Crippen molar-refractivity contribution < 1.29 is 4.42 Å². The van der Waals surface area contributed by atoms with Gasteiger partial charge in [0.2, 0.25) is 0 Å². The minimum atomic E-state index is 0.666. The number of nitrogens with zero attached hydrogens (tertiary/aromatic N) is 1. The predicted molar refractivity (Wildman–Crippen MR) is 70.5 cm³/mol. The molecule has 94 valence electrons. The van der Waals surface area contributed by atoms with Gasteiger partial charge in [0.15, 0.2) is 0 Å². The van der Waals surface area contributed by atoms with Crippen LogP contribution in [0.5, 0.6) is 0 Å². The summed E-state index contributed by atoms with van der Waals surface area (Å²) in [6.45, 7) is 8.56. The van der Waals surface area contributed by atoms with Crippen LogP contribution in [-0.4, -0.2) is 24.5 Å². The van der Waals surface area contributed by atoms with Crippen molar-refractivity contribution in [3.63, 3.8) is 0 Å². The molecule has 0 spiro atoms. The molecule has 0 amide bonds. The molecule has 0 atom stereocenters. The van der Waals surface area contributed by atoms with Crippen molar-refractivity contribution in [3.05, 3.63) is 23.7 Å². The van der Waals surface area contributed by atoms with E-state index in [-0.39, 0.29) is 0 Å². The first-order valence-corrected chi connectivity index (χ1v) is 6.23. The quantitative estimate of drug-likeness (QED) is 0.552. The lowest BCUT2D eigenvalue weighted by Crippen LogP contribution is -2.24. The molecule has 0 aliphatic carbocycles. The lowest BCUT2D eigenvalue weighted by molar-refractivity contribution is 0.283. The number of terminal acetylenes is 1. The summed E-state index contributed by atoms with van der Waals surface area (Å²) in [5.74, 6) is 3.69. The Morgan fingerprint density at radius 3 is 2.94 bits per heavy atom. The maximum absolute atomic E-state index is 5.52. The SMILES string of the molecule is C#CCN(CC)Cc1occc1CNCCC. The van der Waals surface area contributed by atoms with Gasteiger partial charge in [-0.1, -0.05) is 19.8 Å². The highest BCUT2D eigenvalue weighted by molar-refractivity contribution is 5.17. The molecule has 1 aromatic rings. The van der Waals surface area contributed by atoms with Gasteiger partial charge < -0.3 is 9.73 Å². The topological polar surface area (TPSA) is 28.4 Å². The zero-order valence-electron chi connectivity index (χ0n) is 10.8. The van der Waals surface area contributed by atoms with Crippen LogP contribution in [-0.2, 0) is 13.1 Å². The van der Waals surface area contributed by atoms with E-state index in [0.717, 1.165) is 38.4 Å². The first-order chi connectivity index (χ1) is 8.31. The second-order valence-corrected chi connectivity index (χ2v) is 4.05. The summed E-state index contributed by atoms with van der Waals surface area (Å²) in [6, 6.07) is 2.03. The van der Waals surface area contributed by atoms with Crippen LogP contribution in [0.3, 0.4) is 0 Å². The maximum Gasteiger partial charge on any atom is 0.122 e. The summed E-state index contributed by atoms with van der Waals surface area (Å²) >= 11 is 0. The Morgan fingerprint density at radius 1 is 1.47 bits per heavy atom. The van der Waals surface area contributed by atoms with Crippen LogP contribution in [0.4, 0.5) is 0 Å². The largest absolute Gasteiger partial charge is 0.468 e. The van der Waals surface area contributed by atoms with E-state index in [4.69, 9.17) is 10.8 Å². The summed E-state index contributed by atoms with van der Waals surface area (Å²) < 4.78 is 5.52. The van der Waals surface area contributed by atoms with Gasteiger partial charge >= 0.3 is 0 Å². The van der Waals surface area contributed by atoms with Crippen LogP contribution in [0.15, 0.2) is 16.7 Å². The molecule has 0 bridgehead atoms. The van der Waals surface area contributed by atoms with Gasteiger partial charge in [-0.15, -0.1) is 6.42 Å². The number of rotatable bonds is 8. The van der Waals surface area contributed by atoms with E-state index >= 15 is 0 Å². The third kappa shape index (κ3) is 4.64. The van der Waals surface area contributed by atoms with Crippen LogP contribution < -0.4 is 5.32 Å². The Hall–Kier alpha value is -1.24. The molecule has 0 aliphatic heterocycles. The molecular formula is C14H22N2O. The smallest absolute Gasteiger partial charge is 0.122 e.